The molecule has 0 radical (unpaired) electrons. The average molecular weight is 181 g/mol. The molecule has 13 heavy (non-hydrogen) atoms. The summed E-state index contributed by atoms with van der Waals surface area (Å²) in [6.45, 7) is 6.45. The normalized spacial score (nSPS) is 10.2. The van der Waals surface area contributed by atoms with Crippen LogP contribution in [0.2, 0.25) is 0 Å². The van der Waals surface area contributed by atoms with Gasteiger partial charge in [0.1, 0.15) is 0 Å². The third-order valence-electron chi connectivity index (χ3n) is 2.21. The van der Waals surface area contributed by atoms with Gasteiger partial charge in [-0.3, -0.25) is 4.79 Å². The van der Waals surface area contributed by atoms with E-state index in [2.05, 4.69) is 10.3 Å². The number of aromatic nitrogens is 2. The van der Waals surface area contributed by atoms with Crippen molar-refractivity contribution in [2.24, 2.45) is 0 Å². The molecule has 4 heteroatoms. The minimum absolute atomic E-state index is 0.0481. The van der Waals surface area contributed by atoms with Crippen LogP contribution in [0, 0.1) is 13.8 Å². The second kappa shape index (κ2) is 3.60. The molecule has 0 atom stereocenters. The topological polar surface area (TPSA) is 46.9 Å². The number of anilines is 1. The molecule has 0 aromatic carbocycles. The van der Waals surface area contributed by atoms with Gasteiger partial charge in [0.25, 0.3) is 5.56 Å². The van der Waals surface area contributed by atoms with E-state index in [1.54, 1.807) is 11.6 Å². The SMILES string of the molecule is CCn1c(C)c(C)nc(NC)c1=O. The fraction of sp³-hybridized carbons (Fsp3) is 0.556. The Balaban J connectivity index is 3.48. The monoisotopic (exact) mass is 181 g/mol. The van der Waals surface area contributed by atoms with Crippen LogP contribution in [0.1, 0.15) is 18.3 Å². The first-order valence-electron chi connectivity index (χ1n) is 4.37. The third-order valence-corrected chi connectivity index (χ3v) is 2.21. The molecule has 72 valence electrons. The van der Waals surface area contributed by atoms with Gasteiger partial charge < -0.3 is 9.88 Å². The van der Waals surface area contributed by atoms with E-state index in [-0.39, 0.29) is 5.56 Å². The van der Waals surface area contributed by atoms with Crippen LogP contribution in [0.5, 0.6) is 0 Å². The van der Waals surface area contributed by atoms with E-state index >= 15 is 0 Å². The van der Waals surface area contributed by atoms with Gasteiger partial charge in [-0.05, 0) is 20.8 Å². The second-order valence-corrected chi connectivity index (χ2v) is 2.93. The van der Waals surface area contributed by atoms with Crippen LogP contribution in [-0.4, -0.2) is 16.6 Å². The van der Waals surface area contributed by atoms with Crippen LogP contribution < -0.4 is 10.9 Å². The smallest absolute Gasteiger partial charge is 0.293 e. The standard InChI is InChI=1S/C9H15N3O/c1-5-12-7(3)6(2)11-8(10-4)9(12)13/h5H2,1-4H3,(H,10,11). The third kappa shape index (κ3) is 1.56. The van der Waals surface area contributed by atoms with Crippen molar-refractivity contribution in [3.8, 4) is 0 Å². The number of aryl methyl sites for hydroxylation is 1. The van der Waals surface area contributed by atoms with Gasteiger partial charge in [-0.2, -0.15) is 0 Å². The zero-order chi connectivity index (χ0) is 10.0. The molecule has 1 N–H and O–H groups in total. The quantitative estimate of drug-likeness (QED) is 0.738. The molecule has 0 aliphatic heterocycles. The molecule has 0 amide bonds. The Bertz CT molecular complexity index is 368. The maximum atomic E-state index is 11.6. The van der Waals surface area contributed by atoms with Gasteiger partial charge in [0.2, 0.25) is 0 Å². The lowest BCUT2D eigenvalue weighted by molar-refractivity contribution is 0.685. The van der Waals surface area contributed by atoms with Gasteiger partial charge in [0, 0.05) is 19.3 Å². The van der Waals surface area contributed by atoms with E-state index in [0.29, 0.717) is 12.4 Å². The predicted molar refractivity (Wildman–Crippen MR) is 53.2 cm³/mol. The Morgan fingerprint density at radius 2 is 2.08 bits per heavy atom. The molecule has 1 aromatic rings. The highest BCUT2D eigenvalue weighted by Crippen LogP contribution is 2.03. The molecule has 0 spiro atoms. The van der Waals surface area contributed by atoms with Crippen LogP contribution in [-0.2, 0) is 6.54 Å². The fourth-order valence-corrected chi connectivity index (χ4v) is 1.32. The Labute approximate surface area is 77.6 Å². The molecule has 1 rings (SSSR count). The predicted octanol–water partition coefficient (Wildman–Crippen LogP) is 0.922. The highest BCUT2D eigenvalue weighted by atomic mass is 16.1. The van der Waals surface area contributed by atoms with E-state index in [4.69, 9.17) is 0 Å². The maximum Gasteiger partial charge on any atom is 0.293 e. The molecule has 1 aromatic heterocycles. The number of rotatable bonds is 2. The van der Waals surface area contributed by atoms with E-state index in [1.807, 2.05) is 20.8 Å². The lowest BCUT2D eigenvalue weighted by Gasteiger charge is -2.11. The summed E-state index contributed by atoms with van der Waals surface area (Å²) in [4.78, 5) is 15.8. The first kappa shape index (κ1) is 9.77. The zero-order valence-corrected chi connectivity index (χ0v) is 8.51. The highest BCUT2D eigenvalue weighted by molar-refractivity contribution is 5.33. The van der Waals surface area contributed by atoms with Crippen LogP contribution in [0.4, 0.5) is 5.82 Å². The van der Waals surface area contributed by atoms with Crippen molar-refractivity contribution in [2.75, 3.05) is 12.4 Å². The van der Waals surface area contributed by atoms with Gasteiger partial charge in [0.05, 0.1) is 5.69 Å². The Morgan fingerprint density at radius 1 is 1.46 bits per heavy atom. The molecule has 1 heterocycles. The van der Waals surface area contributed by atoms with Crippen LogP contribution in [0.25, 0.3) is 0 Å². The summed E-state index contributed by atoms with van der Waals surface area (Å²) in [5.74, 6) is 0.421. The summed E-state index contributed by atoms with van der Waals surface area (Å²) < 4.78 is 1.72. The van der Waals surface area contributed by atoms with Crippen molar-refractivity contribution in [1.82, 2.24) is 9.55 Å². The average Bonchev–Trinajstić information content (AvgIpc) is 2.12. The van der Waals surface area contributed by atoms with Crippen molar-refractivity contribution < 1.29 is 0 Å². The van der Waals surface area contributed by atoms with Crippen LogP contribution >= 0.6 is 0 Å². The summed E-state index contributed by atoms with van der Waals surface area (Å²) in [6.07, 6.45) is 0. The van der Waals surface area contributed by atoms with E-state index < -0.39 is 0 Å². The summed E-state index contributed by atoms with van der Waals surface area (Å²) in [5.41, 5.74) is 1.78. The van der Waals surface area contributed by atoms with Crippen LogP contribution in [0.15, 0.2) is 4.79 Å². The summed E-state index contributed by atoms with van der Waals surface area (Å²) >= 11 is 0. The molecule has 0 bridgehead atoms. The van der Waals surface area contributed by atoms with E-state index in [9.17, 15) is 4.79 Å². The van der Waals surface area contributed by atoms with Crippen molar-refractivity contribution in [3.63, 3.8) is 0 Å². The van der Waals surface area contributed by atoms with Gasteiger partial charge in [-0.1, -0.05) is 0 Å². The minimum atomic E-state index is -0.0481. The highest BCUT2D eigenvalue weighted by Gasteiger charge is 2.07. The number of hydrogen-bond donors (Lipinski definition) is 1. The molecular weight excluding hydrogens is 166 g/mol. The second-order valence-electron chi connectivity index (χ2n) is 2.93. The van der Waals surface area contributed by atoms with E-state index in [1.165, 1.54) is 0 Å². The summed E-state index contributed by atoms with van der Waals surface area (Å²) in [7, 11) is 1.71. The fourth-order valence-electron chi connectivity index (χ4n) is 1.32. The number of nitrogens with one attached hydrogen (secondary N) is 1. The Morgan fingerprint density at radius 3 is 2.54 bits per heavy atom. The summed E-state index contributed by atoms with van der Waals surface area (Å²) in [6, 6.07) is 0. The van der Waals surface area contributed by atoms with Crippen LogP contribution in [0.3, 0.4) is 0 Å². The lowest BCUT2D eigenvalue weighted by Crippen LogP contribution is -2.26. The summed E-state index contributed by atoms with van der Waals surface area (Å²) in [5, 5.41) is 2.79. The molecular formula is C9H15N3O. The number of hydrogen-bond acceptors (Lipinski definition) is 3. The largest absolute Gasteiger partial charge is 0.369 e. The lowest BCUT2D eigenvalue weighted by atomic mass is 10.3. The van der Waals surface area contributed by atoms with Crippen molar-refractivity contribution in [1.29, 1.82) is 0 Å². The minimum Gasteiger partial charge on any atom is -0.369 e. The molecule has 0 saturated carbocycles. The van der Waals surface area contributed by atoms with Gasteiger partial charge in [0.15, 0.2) is 5.82 Å². The van der Waals surface area contributed by atoms with Gasteiger partial charge in [-0.15, -0.1) is 0 Å². The number of nitrogens with zero attached hydrogens (tertiary/aromatic N) is 2. The molecule has 0 aliphatic carbocycles. The first-order chi connectivity index (χ1) is 6.11. The van der Waals surface area contributed by atoms with Crippen molar-refractivity contribution in [3.05, 3.63) is 21.7 Å². The molecule has 0 saturated heterocycles. The van der Waals surface area contributed by atoms with Crippen molar-refractivity contribution >= 4 is 5.82 Å². The van der Waals surface area contributed by atoms with Crippen molar-refractivity contribution in [2.45, 2.75) is 27.3 Å². The van der Waals surface area contributed by atoms with Gasteiger partial charge >= 0.3 is 0 Å². The maximum absolute atomic E-state index is 11.6. The Kier molecular flexibility index (Phi) is 2.70. The Hall–Kier alpha value is -1.32. The zero-order valence-electron chi connectivity index (χ0n) is 8.51. The van der Waals surface area contributed by atoms with E-state index in [0.717, 1.165) is 11.4 Å². The van der Waals surface area contributed by atoms with Gasteiger partial charge in [-0.25, -0.2) is 4.98 Å². The molecule has 0 unspecified atom stereocenters. The molecule has 4 nitrogen and oxygen atoms in total. The first-order valence-corrected chi connectivity index (χ1v) is 4.37. The molecule has 0 aliphatic rings. The molecule has 0 fully saturated rings.